The fraction of sp³-hybridized carbons (Fsp3) is 0.364. The number of hydrogen-bond donors (Lipinski definition) is 2. The number of carbonyl (C=O) groups is 1. The molecular formula is C22H27N3O3S. The molecule has 7 heteroatoms. The number of benzene rings is 1. The molecule has 154 valence electrons. The number of hydroxylamine groups is 1. The number of nitrogens with one attached hydrogen (secondary N) is 1. The summed E-state index contributed by atoms with van der Waals surface area (Å²) in [6.07, 6.45) is 8.69. The second-order valence-electron chi connectivity index (χ2n) is 7.47. The first-order valence-electron chi connectivity index (χ1n) is 9.64. The molecular weight excluding hydrogens is 386 g/mol. The molecule has 0 radical (unpaired) electrons. The Hall–Kier alpha value is -2.19. The normalized spacial score (nSPS) is 17.9. The Labute approximate surface area is 174 Å². The summed E-state index contributed by atoms with van der Waals surface area (Å²) in [5, 5.41) is 8.95. The van der Waals surface area contributed by atoms with E-state index in [1.165, 1.54) is 17.4 Å². The van der Waals surface area contributed by atoms with Crippen molar-refractivity contribution in [3.05, 3.63) is 60.4 Å². The molecule has 0 fully saturated rings. The van der Waals surface area contributed by atoms with Crippen LogP contribution in [0.15, 0.2) is 54.9 Å². The van der Waals surface area contributed by atoms with Crippen LogP contribution < -0.4 is 5.48 Å². The lowest BCUT2D eigenvalue weighted by atomic mass is 9.96. The fourth-order valence-electron chi connectivity index (χ4n) is 3.46. The van der Waals surface area contributed by atoms with Gasteiger partial charge in [0.05, 0.1) is 6.26 Å². The number of hydrogen-bond acceptors (Lipinski definition) is 5. The molecule has 2 heterocycles. The Kier molecular flexibility index (Phi) is 7.08. The van der Waals surface area contributed by atoms with Crippen LogP contribution in [0.25, 0.3) is 16.7 Å². The molecule has 0 bridgehead atoms. The first kappa shape index (κ1) is 21.5. The van der Waals surface area contributed by atoms with Gasteiger partial charge in [-0.3, -0.25) is 19.9 Å². The number of pyridine rings is 1. The van der Waals surface area contributed by atoms with Crippen molar-refractivity contribution in [1.82, 2.24) is 15.4 Å². The monoisotopic (exact) mass is 413 g/mol. The van der Waals surface area contributed by atoms with Gasteiger partial charge in [-0.2, -0.15) is 0 Å². The summed E-state index contributed by atoms with van der Waals surface area (Å²) in [5.74, 6) is -0.597. The quantitative estimate of drug-likeness (QED) is 0.414. The largest absolute Gasteiger partial charge is 0.616 e. The first-order chi connectivity index (χ1) is 13.9. The van der Waals surface area contributed by atoms with Crippen molar-refractivity contribution in [1.29, 1.82) is 0 Å². The van der Waals surface area contributed by atoms with Crippen LogP contribution in [-0.4, -0.2) is 56.2 Å². The first-order valence-corrected chi connectivity index (χ1v) is 11.2. The van der Waals surface area contributed by atoms with Crippen LogP contribution >= 0.6 is 0 Å². The molecule has 2 aromatic rings. The van der Waals surface area contributed by atoms with E-state index in [2.05, 4.69) is 40.2 Å². The standard InChI is InChI=1S/C22H27N3O3S/c1-22(29(2)28,21(26)24-27)11-15-25-13-9-19(10-14-25)17-5-7-18(8-6-17)20-4-3-12-23-16-20/h3-9,12,16,27H,10-11,13-15H2,1-2H3,(H,24,26). The number of rotatable bonds is 7. The van der Waals surface area contributed by atoms with E-state index in [9.17, 15) is 9.35 Å². The molecule has 1 aliphatic rings. The summed E-state index contributed by atoms with van der Waals surface area (Å²) in [4.78, 5) is 18.3. The summed E-state index contributed by atoms with van der Waals surface area (Å²) >= 11 is -1.38. The average molecular weight is 414 g/mol. The molecule has 0 saturated heterocycles. The lowest BCUT2D eigenvalue weighted by Gasteiger charge is -2.32. The highest BCUT2D eigenvalue weighted by Gasteiger charge is 2.42. The van der Waals surface area contributed by atoms with Gasteiger partial charge in [-0.15, -0.1) is 0 Å². The van der Waals surface area contributed by atoms with Gasteiger partial charge in [-0.25, -0.2) is 5.48 Å². The van der Waals surface area contributed by atoms with Crippen molar-refractivity contribution in [2.45, 2.75) is 24.5 Å². The molecule has 1 aromatic heterocycles. The van der Waals surface area contributed by atoms with Crippen LogP contribution in [0.4, 0.5) is 0 Å². The maximum absolute atomic E-state index is 12.0. The van der Waals surface area contributed by atoms with E-state index >= 15 is 0 Å². The second-order valence-corrected chi connectivity index (χ2v) is 9.28. The highest BCUT2D eigenvalue weighted by molar-refractivity contribution is 7.92. The van der Waals surface area contributed by atoms with E-state index in [-0.39, 0.29) is 0 Å². The van der Waals surface area contributed by atoms with Crippen molar-refractivity contribution >= 4 is 22.7 Å². The predicted octanol–water partition coefficient (Wildman–Crippen LogP) is 2.87. The van der Waals surface area contributed by atoms with Gasteiger partial charge in [0.1, 0.15) is 0 Å². The molecule has 6 nitrogen and oxygen atoms in total. The van der Waals surface area contributed by atoms with Crippen molar-refractivity contribution in [2.24, 2.45) is 0 Å². The molecule has 2 N–H and O–H groups in total. The van der Waals surface area contributed by atoms with E-state index in [0.717, 1.165) is 30.6 Å². The molecule has 0 saturated carbocycles. The van der Waals surface area contributed by atoms with Crippen LogP contribution in [0.5, 0.6) is 0 Å². The lowest BCUT2D eigenvalue weighted by molar-refractivity contribution is -0.131. The lowest BCUT2D eigenvalue weighted by Crippen LogP contribution is -2.51. The highest BCUT2D eigenvalue weighted by atomic mass is 32.2. The molecule has 0 spiro atoms. The Balaban J connectivity index is 1.60. The maximum atomic E-state index is 12.0. The molecule has 0 aliphatic carbocycles. The maximum Gasteiger partial charge on any atom is 0.299 e. The Morgan fingerprint density at radius 1 is 1.28 bits per heavy atom. The average Bonchev–Trinajstić information content (AvgIpc) is 2.77. The topological polar surface area (TPSA) is 88.5 Å². The number of amides is 1. The van der Waals surface area contributed by atoms with Gasteiger partial charge >= 0.3 is 0 Å². The predicted molar refractivity (Wildman–Crippen MR) is 116 cm³/mol. The van der Waals surface area contributed by atoms with Crippen LogP contribution in [0.3, 0.4) is 0 Å². The molecule has 1 aliphatic heterocycles. The van der Waals surface area contributed by atoms with Gasteiger partial charge in [0.25, 0.3) is 5.91 Å². The van der Waals surface area contributed by atoms with E-state index in [1.54, 1.807) is 18.6 Å². The number of carbonyl (C=O) groups excluding carboxylic acids is 1. The van der Waals surface area contributed by atoms with Gasteiger partial charge < -0.3 is 4.55 Å². The third-order valence-corrected chi connectivity index (χ3v) is 7.32. The summed E-state index contributed by atoms with van der Waals surface area (Å²) < 4.78 is 10.9. The molecule has 1 aromatic carbocycles. The van der Waals surface area contributed by atoms with Gasteiger partial charge in [0.15, 0.2) is 0 Å². The van der Waals surface area contributed by atoms with E-state index < -0.39 is 21.8 Å². The smallest absolute Gasteiger partial charge is 0.299 e. The SMILES string of the molecule is C[S+]([O-])C(C)(CCN1CC=C(c2ccc(-c3cccnc3)cc2)CC1)C(=O)NO. The molecule has 2 unspecified atom stereocenters. The molecule has 2 atom stereocenters. The van der Waals surface area contributed by atoms with Crippen LogP contribution in [0.1, 0.15) is 25.3 Å². The van der Waals surface area contributed by atoms with Gasteiger partial charge in [-0.05, 0) is 52.9 Å². The van der Waals surface area contributed by atoms with Crippen molar-refractivity contribution in [2.75, 3.05) is 25.9 Å². The zero-order valence-electron chi connectivity index (χ0n) is 16.8. The second kappa shape index (κ2) is 9.54. The van der Waals surface area contributed by atoms with E-state index in [1.807, 2.05) is 18.3 Å². The summed E-state index contributed by atoms with van der Waals surface area (Å²) in [7, 11) is 0. The minimum absolute atomic E-state index is 0.422. The van der Waals surface area contributed by atoms with Crippen molar-refractivity contribution in [3.8, 4) is 11.1 Å². The van der Waals surface area contributed by atoms with Gasteiger partial charge in [0.2, 0.25) is 4.75 Å². The third kappa shape index (κ3) is 5.05. The van der Waals surface area contributed by atoms with Crippen LogP contribution in [-0.2, 0) is 16.0 Å². The number of nitrogens with zero attached hydrogens (tertiary/aromatic N) is 2. The summed E-state index contributed by atoms with van der Waals surface area (Å²) in [6.45, 7) is 3.94. The van der Waals surface area contributed by atoms with Crippen LogP contribution in [0.2, 0.25) is 0 Å². The molecule has 29 heavy (non-hydrogen) atoms. The zero-order chi connectivity index (χ0) is 20.9. The third-order valence-electron chi connectivity index (χ3n) is 5.67. The minimum atomic E-state index is -1.38. The molecule has 1 amide bonds. The summed E-state index contributed by atoms with van der Waals surface area (Å²) in [5.41, 5.74) is 6.44. The van der Waals surface area contributed by atoms with Crippen molar-refractivity contribution in [3.63, 3.8) is 0 Å². The van der Waals surface area contributed by atoms with Gasteiger partial charge in [0, 0.05) is 38.4 Å². The van der Waals surface area contributed by atoms with E-state index in [0.29, 0.717) is 13.0 Å². The highest BCUT2D eigenvalue weighted by Crippen LogP contribution is 2.27. The number of aromatic nitrogens is 1. The minimum Gasteiger partial charge on any atom is -0.616 e. The van der Waals surface area contributed by atoms with Gasteiger partial charge in [-0.1, -0.05) is 36.4 Å². The Bertz CT molecular complexity index is 855. The Morgan fingerprint density at radius 3 is 2.55 bits per heavy atom. The van der Waals surface area contributed by atoms with E-state index in [4.69, 9.17) is 5.21 Å². The summed E-state index contributed by atoms with van der Waals surface area (Å²) in [6, 6.07) is 12.5. The Morgan fingerprint density at radius 2 is 2.00 bits per heavy atom. The zero-order valence-corrected chi connectivity index (χ0v) is 17.6. The molecule has 3 rings (SSSR count). The fourth-order valence-corrected chi connectivity index (χ4v) is 4.15. The van der Waals surface area contributed by atoms with Crippen LogP contribution in [0, 0.1) is 0 Å². The van der Waals surface area contributed by atoms with Crippen molar-refractivity contribution < 1.29 is 14.6 Å².